The third-order valence-electron chi connectivity index (χ3n) is 2.37. The van der Waals surface area contributed by atoms with Gasteiger partial charge in [-0.25, -0.2) is 4.98 Å². The molecular weight excluding hydrogens is 226 g/mol. The molecule has 5 nitrogen and oxygen atoms in total. The van der Waals surface area contributed by atoms with Crippen molar-refractivity contribution in [3.8, 4) is 0 Å². The molecule has 0 aliphatic heterocycles. The fraction of sp³-hybridized carbons (Fsp3) is 0.308. The van der Waals surface area contributed by atoms with Gasteiger partial charge in [-0.05, 0) is 26.0 Å². The molecule has 2 aromatic rings. The SMILES string of the molecule is CCNc1nc(C)cc(NCc2ccccn2)n1. The minimum absolute atomic E-state index is 0.654. The van der Waals surface area contributed by atoms with Gasteiger partial charge < -0.3 is 10.6 Å². The fourth-order valence-corrected chi connectivity index (χ4v) is 1.58. The number of aryl methyl sites for hydroxylation is 1. The molecule has 0 saturated carbocycles. The summed E-state index contributed by atoms with van der Waals surface area (Å²) in [6.07, 6.45) is 1.78. The van der Waals surface area contributed by atoms with Crippen molar-refractivity contribution in [2.45, 2.75) is 20.4 Å². The molecule has 2 aromatic heterocycles. The second-order valence-corrected chi connectivity index (χ2v) is 3.92. The van der Waals surface area contributed by atoms with E-state index >= 15 is 0 Å². The quantitative estimate of drug-likeness (QED) is 0.843. The van der Waals surface area contributed by atoms with E-state index in [0.717, 1.165) is 23.8 Å². The maximum Gasteiger partial charge on any atom is 0.224 e. The van der Waals surface area contributed by atoms with Gasteiger partial charge in [0.2, 0.25) is 5.95 Å². The van der Waals surface area contributed by atoms with Gasteiger partial charge in [0.1, 0.15) is 5.82 Å². The Kier molecular flexibility index (Phi) is 4.06. The summed E-state index contributed by atoms with van der Waals surface area (Å²) in [6.45, 7) is 5.44. The molecule has 2 rings (SSSR count). The Hall–Kier alpha value is -2.17. The molecule has 5 heteroatoms. The van der Waals surface area contributed by atoms with Crippen molar-refractivity contribution in [1.29, 1.82) is 0 Å². The Balaban J connectivity index is 2.05. The van der Waals surface area contributed by atoms with E-state index in [2.05, 4.69) is 25.6 Å². The average molecular weight is 243 g/mol. The van der Waals surface area contributed by atoms with E-state index in [1.54, 1.807) is 6.20 Å². The van der Waals surface area contributed by atoms with Gasteiger partial charge in [-0.3, -0.25) is 4.98 Å². The highest BCUT2D eigenvalue weighted by atomic mass is 15.1. The van der Waals surface area contributed by atoms with Crippen LogP contribution in [0.25, 0.3) is 0 Å². The van der Waals surface area contributed by atoms with Crippen LogP contribution in [0.3, 0.4) is 0 Å². The van der Waals surface area contributed by atoms with E-state index in [-0.39, 0.29) is 0 Å². The largest absolute Gasteiger partial charge is 0.364 e. The predicted octanol–water partition coefficient (Wildman–Crippen LogP) is 2.22. The van der Waals surface area contributed by atoms with Gasteiger partial charge in [0.25, 0.3) is 0 Å². The van der Waals surface area contributed by atoms with Gasteiger partial charge in [0, 0.05) is 24.5 Å². The van der Waals surface area contributed by atoms with Crippen molar-refractivity contribution in [2.75, 3.05) is 17.2 Å². The van der Waals surface area contributed by atoms with Crippen LogP contribution in [-0.2, 0) is 6.54 Å². The summed E-state index contributed by atoms with van der Waals surface area (Å²) in [7, 11) is 0. The number of hydrogen-bond donors (Lipinski definition) is 2. The molecule has 0 bridgehead atoms. The molecule has 0 aliphatic rings. The second kappa shape index (κ2) is 5.95. The second-order valence-electron chi connectivity index (χ2n) is 3.92. The standard InChI is InChI=1S/C13H17N5/c1-3-14-13-17-10(2)8-12(18-13)16-9-11-6-4-5-7-15-11/h4-8H,3,9H2,1-2H3,(H2,14,16,17,18). The van der Waals surface area contributed by atoms with Crippen LogP contribution in [0.2, 0.25) is 0 Å². The molecule has 0 aromatic carbocycles. The Bertz CT molecular complexity index is 498. The van der Waals surface area contributed by atoms with E-state index in [9.17, 15) is 0 Å². The molecule has 2 N–H and O–H groups in total. The van der Waals surface area contributed by atoms with Crippen LogP contribution in [-0.4, -0.2) is 21.5 Å². The number of anilines is 2. The van der Waals surface area contributed by atoms with Gasteiger partial charge in [-0.2, -0.15) is 4.98 Å². The number of nitrogens with one attached hydrogen (secondary N) is 2. The molecule has 0 radical (unpaired) electrons. The fourth-order valence-electron chi connectivity index (χ4n) is 1.58. The molecule has 0 spiro atoms. The molecular formula is C13H17N5. The van der Waals surface area contributed by atoms with Crippen molar-refractivity contribution in [3.05, 3.63) is 41.9 Å². The van der Waals surface area contributed by atoms with E-state index < -0.39 is 0 Å². The first kappa shape index (κ1) is 12.3. The molecule has 2 heterocycles. The zero-order chi connectivity index (χ0) is 12.8. The highest BCUT2D eigenvalue weighted by Gasteiger charge is 2.01. The van der Waals surface area contributed by atoms with Crippen molar-refractivity contribution in [3.63, 3.8) is 0 Å². The molecule has 94 valence electrons. The van der Waals surface area contributed by atoms with Crippen LogP contribution in [0, 0.1) is 6.92 Å². The number of aromatic nitrogens is 3. The molecule has 0 atom stereocenters. The monoisotopic (exact) mass is 243 g/mol. The van der Waals surface area contributed by atoms with E-state index in [4.69, 9.17) is 0 Å². The Labute approximate surface area is 107 Å². The lowest BCUT2D eigenvalue weighted by Gasteiger charge is -2.08. The number of rotatable bonds is 5. The number of hydrogen-bond acceptors (Lipinski definition) is 5. The summed E-state index contributed by atoms with van der Waals surface area (Å²) in [5.41, 5.74) is 1.92. The first-order chi connectivity index (χ1) is 8.78. The van der Waals surface area contributed by atoms with Gasteiger partial charge in [0.15, 0.2) is 0 Å². The van der Waals surface area contributed by atoms with Crippen molar-refractivity contribution in [1.82, 2.24) is 15.0 Å². The highest BCUT2D eigenvalue weighted by molar-refractivity contribution is 5.42. The first-order valence-electron chi connectivity index (χ1n) is 6.01. The summed E-state index contributed by atoms with van der Waals surface area (Å²) < 4.78 is 0. The lowest BCUT2D eigenvalue weighted by atomic mass is 10.3. The Morgan fingerprint density at radius 3 is 2.78 bits per heavy atom. The van der Waals surface area contributed by atoms with Crippen LogP contribution >= 0.6 is 0 Å². The highest BCUT2D eigenvalue weighted by Crippen LogP contribution is 2.10. The van der Waals surface area contributed by atoms with Gasteiger partial charge in [-0.15, -0.1) is 0 Å². The third-order valence-corrected chi connectivity index (χ3v) is 2.37. The van der Waals surface area contributed by atoms with Crippen LogP contribution in [0.5, 0.6) is 0 Å². The lowest BCUT2D eigenvalue weighted by Crippen LogP contribution is -2.08. The smallest absolute Gasteiger partial charge is 0.224 e. The van der Waals surface area contributed by atoms with Crippen molar-refractivity contribution < 1.29 is 0 Å². The summed E-state index contributed by atoms with van der Waals surface area (Å²) >= 11 is 0. The normalized spacial score (nSPS) is 10.1. The van der Waals surface area contributed by atoms with Crippen LogP contribution in [0.4, 0.5) is 11.8 Å². The molecule has 0 fully saturated rings. The van der Waals surface area contributed by atoms with Gasteiger partial charge in [-0.1, -0.05) is 6.07 Å². The maximum atomic E-state index is 4.38. The lowest BCUT2D eigenvalue weighted by molar-refractivity contribution is 1.00. The minimum atomic E-state index is 0.654. The summed E-state index contributed by atoms with van der Waals surface area (Å²) in [6, 6.07) is 7.77. The molecule has 0 aliphatic carbocycles. The van der Waals surface area contributed by atoms with Crippen LogP contribution in [0.1, 0.15) is 18.3 Å². The summed E-state index contributed by atoms with van der Waals surface area (Å²) in [5.74, 6) is 1.46. The summed E-state index contributed by atoms with van der Waals surface area (Å²) in [4.78, 5) is 12.9. The summed E-state index contributed by atoms with van der Waals surface area (Å²) in [5, 5.41) is 6.36. The van der Waals surface area contributed by atoms with Gasteiger partial charge >= 0.3 is 0 Å². The van der Waals surface area contributed by atoms with Crippen LogP contribution in [0.15, 0.2) is 30.5 Å². The molecule has 0 amide bonds. The zero-order valence-corrected chi connectivity index (χ0v) is 10.6. The maximum absolute atomic E-state index is 4.38. The zero-order valence-electron chi connectivity index (χ0n) is 10.6. The van der Waals surface area contributed by atoms with Crippen molar-refractivity contribution in [2.24, 2.45) is 0 Å². The average Bonchev–Trinajstić information content (AvgIpc) is 2.37. The predicted molar refractivity (Wildman–Crippen MR) is 72.5 cm³/mol. The van der Waals surface area contributed by atoms with Crippen LogP contribution < -0.4 is 10.6 Å². The molecule has 0 saturated heterocycles. The minimum Gasteiger partial charge on any atom is -0.364 e. The van der Waals surface area contributed by atoms with E-state index in [1.807, 2.05) is 38.1 Å². The van der Waals surface area contributed by atoms with Crippen molar-refractivity contribution >= 4 is 11.8 Å². The third kappa shape index (κ3) is 3.41. The van der Waals surface area contributed by atoms with E-state index in [1.165, 1.54) is 0 Å². The Morgan fingerprint density at radius 2 is 2.06 bits per heavy atom. The molecule has 0 unspecified atom stereocenters. The Morgan fingerprint density at radius 1 is 1.17 bits per heavy atom. The first-order valence-corrected chi connectivity index (χ1v) is 6.01. The topological polar surface area (TPSA) is 62.7 Å². The molecule has 18 heavy (non-hydrogen) atoms. The van der Waals surface area contributed by atoms with Gasteiger partial charge in [0.05, 0.1) is 12.2 Å². The number of pyridine rings is 1. The number of nitrogens with zero attached hydrogens (tertiary/aromatic N) is 3. The van der Waals surface area contributed by atoms with E-state index in [0.29, 0.717) is 12.5 Å².